The molecule has 0 aromatic heterocycles. The Kier molecular flexibility index (Phi) is 7.25. The summed E-state index contributed by atoms with van der Waals surface area (Å²) < 4.78 is 15.5. The molecule has 1 amide bonds. The molecule has 0 N–H and O–H groups in total. The van der Waals surface area contributed by atoms with E-state index >= 15 is 0 Å². The fraction of sp³-hybridized carbons (Fsp3) is 0.857. The predicted molar refractivity (Wildman–Crippen MR) is 78.2 cm³/mol. The van der Waals surface area contributed by atoms with Crippen LogP contribution in [0.3, 0.4) is 0 Å². The third-order valence-corrected chi connectivity index (χ3v) is 3.08. The van der Waals surface area contributed by atoms with E-state index in [1.54, 1.807) is 4.90 Å². The molecule has 0 aromatic carbocycles. The van der Waals surface area contributed by atoms with Crippen molar-refractivity contribution in [1.29, 1.82) is 0 Å². The molecule has 0 aliphatic carbocycles. The van der Waals surface area contributed by atoms with Crippen molar-refractivity contribution in [3.8, 4) is 0 Å². The van der Waals surface area contributed by atoms with Gasteiger partial charge in [-0.1, -0.05) is 11.6 Å². The molecule has 6 nitrogen and oxygen atoms in total. The summed E-state index contributed by atoms with van der Waals surface area (Å²) in [6, 6.07) is -0.132. The Morgan fingerprint density at radius 1 is 1.24 bits per heavy atom. The van der Waals surface area contributed by atoms with Gasteiger partial charge < -0.3 is 19.1 Å². The van der Waals surface area contributed by atoms with Crippen molar-refractivity contribution in [2.45, 2.75) is 51.7 Å². The first-order valence-corrected chi connectivity index (χ1v) is 7.66. The van der Waals surface area contributed by atoms with Crippen molar-refractivity contribution in [1.82, 2.24) is 4.90 Å². The standard InChI is InChI=1S/C14H24ClNO5/c1-14(2,3)21-13(18)16-7-4-11(5-8-16)19-9-6-12(17)20-10-15/h11H,4-10H2,1-3H3. The Bertz CT molecular complexity index is 348. The summed E-state index contributed by atoms with van der Waals surface area (Å²) in [4.78, 5) is 24.7. The highest BCUT2D eigenvalue weighted by atomic mass is 35.5. The molecule has 1 rings (SSSR count). The van der Waals surface area contributed by atoms with Crippen LogP contribution in [0.15, 0.2) is 0 Å². The van der Waals surface area contributed by atoms with Gasteiger partial charge in [0.1, 0.15) is 5.60 Å². The number of amides is 1. The Labute approximate surface area is 130 Å². The lowest BCUT2D eigenvalue weighted by Gasteiger charge is -2.33. The summed E-state index contributed by atoms with van der Waals surface area (Å²) in [6.45, 7) is 7.06. The number of hydrogen-bond donors (Lipinski definition) is 0. The summed E-state index contributed by atoms with van der Waals surface area (Å²) in [5.41, 5.74) is -0.479. The molecular weight excluding hydrogens is 298 g/mol. The molecule has 0 aromatic rings. The van der Waals surface area contributed by atoms with E-state index < -0.39 is 5.60 Å². The zero-order valence-electron chi connectivity index (χ0n) is 12.9. The van der Waals surface area contributed by atoms with Crippen LogP contribution in [-0.4, -0.2) is 54.4 Å². The van der Waals surface area contributed by atoms with Gasteiger partial charge >= 0.3 is 12.1 Å². The Balaban J connectivity index is 2.20. The summed E-state index contributed by atoms with van der Waals surface area (Å²) in [5.74, 6) is -0.365. The molecule has 0 unspecified atom stereocenters. The molecule has 0 atom stereocenters. The second-order valence-electron chi connectivity index (χ2n) is 5.91. The molecule has 21 heavy (non-hydrogen) atoms. The van der Waals surface area contributed by atoms with Crippen LogP contribution in [0.2, 0.25) is 0 Å². The minimum Gasteiger partial charge on any atom is -0.449 e. The second-order valence-corrected chi connectivity index (χ2v) is 6.13. The Morgan fingerprint density at radius 3 is 2.38 bits per heavy atom. The summed E-state index contributed by atoms with van der Waals surface area (Å²) in [5, 5.41) is 0. The van der Waals surface area contributed by atoms with E-state index in [0.717, 1.165) is 12.8 Å². The summed E-state index contributed by atoms with van der Waals surface area (Å²) in [6.07, 6.45) is 1.45. The van der Waals surface area contributed by atoms with Crippen molar-refractivity contribution in [2.24, 2.45) is 0 Å². The number of ether oxygens (including phenoxy) is 3. The molecule has 1 aliphatic rings. The molecule has 1 fully saturated rings. The smallest absolute Gasteiger partial charge is 0.410 e. The highest BCUT2D eigenvalue weighted by Gasteiger charge is 2.27. The minimum absolute atomic E-state index is 0.0625. The monoisotopic (exact) mass is 321 g/mol. The lowest BCUT2D eigenvalue weighted by atomic mass is 10.1. The van der Waals surface area contributed by atoms with Crippen molar-refractivity contribution < 1.29 is 23.8 Å². The first-order valence-electron chi connectivity index (χ1n) is 7.13. The van der Waals surface area contributed by atoms with Crippen LogP contribution in [0.1, 0.15) is 40.0 Å². The highest BCUT2D eigenvalue weighted by molar-refractivity contribution is 6.17. The van der Waals surface area contributed by atoms with Crippen LogP contribution in [0, 0.1) is 0 Å². The van der Waals surface area contributed by atoms with E-state index in [-0.39, 0.29) is 30.7 Å². The maximum absolute atomic E-state index is 11.9. The van der Waals surface area contributed by atoms with Crippen molar-refractivity contribution in [3.05, 3.63) is 0 Å². The molecule has 122 valence electrons. The average Bonchev–Trinajstić information content (AvgIpc) is 2.38. The fourth-order valence-corrected chi connectivity index (χ4v) is 2.10. The topological polar surface area (TPSA) is 65.1 Å². The van der Waals surface area contributed by atoms with Gasteiger partial charge in [0.15, 0.2) is 6.07 Å². The van der Waals surface area contributed by atoms with Crippen LogP contribution in [0.4, 0.5) is 4.79 Å². The van der Waals surface area contributed by atoms with Gasteiger partial charge in [0.2, 0.25) is 0 Å². The van der Waals surface area contributed by atoms with E-state index in [4.69, 9.17) is 21.1 Å². The van der Waals surface area contributed by atoms with Crippen molar-refractivity contribution >= 4 is 23.7 Å². The van der Waals surface area contributed by atoms with Crippen molar-refractivity contribution in [3.63, 3.8) is 0 Å². The van der Waals surface area contributed by atoms with Crippen LogP contribution in [0.5, 0.6) is 0 Å². The van der Waals surface area contributed by atoms with E-state index in [1.165, 1.54) is 0 Å². The van der Waals surface area contributed by atoms with Gasteiger partial charge in [0.25, 0.3) is 0 Å². The normalized spacial score (nSPS) is 16.7. The molecular formula is C14H24ClNO5. The number of carbonyl (C=O) groups excluding carboxylic acids is 2. The number of piperidine rings is 1. The highest BCUT2D eigenvalue weighted by Crippen LogP contribution is 2.17. The lowest BCUT2D eigenvalue weighted by molar-refractivity contribution is -0.143. The van der Waals surface area contributed by atoms with Gasteiger partial charge in [-0.15, -0.1) is 0 Å². The SMILES string of the molecule is CC(C)(C)OC(=O)N1CCC(OCCC(=O)OCCl)CC1. The van der Waals surface area contributed by atoms with E-state index in [0.29, 0.717) is 19.7 Å². The molecule has 1 saturated heterocycles. The first kappa shape index (κ1) is 18.0. The van der Waals surface area contributed by atoms with Gasteiger partial charge in [-0.25, -0.2) is 4.79 Å². The molecule has 0 saturated carbocycles. The molecule has 7 heteroatoms. The number of nitrogens with zero attached hydrogens (tertiary/aromatic N) is 1. The van der Waals surface area contributed by atoms with Gasteiger partial charge in [0, 0.05) is 13.1 Å². The zero-order chi connectivity index (χ0) is 15.9. The first-order chi connectivity index (χ1) is 9.81. The number of alkyl halides is 1. The zero-order valence-corrected chi connectivity index (χ0v) is 13.6. The average molecular weight is 322 g/mol. The van der Waals surface area contributed by atoms with Crippen LogP contribution < -0.4 is 0 Å². The van der Waals surface area contributed by atoms with Crippen LogP contribution in [0.25, 0.3) is 0 Å². The van der Waals surface area contributed by atoms with E-state index in [2.05, 4.69) is 4.74 Å². The molecule has 0 radical (unpaired) electrons. The number of likely N-dealkylation sites (tertiary alicyclic amines) is 1. The molecule has 0 spiro atoms. The quantitative estimate of drug-likeness (QED) is 0.575. The Morgan fingerprint density at radius 2 is 1.86 bits per heavy atom. The second kappa shape index (κ2) is 8.44. The lowest BCUT2D eigenvalue weighted by Crippen LogP contribution is -2.43. The maximum atomic E-state index is 11.9. The van der Waals surface area contributed by atoms with Crippen LogP contribution >= 0.6 is 11.6 Å². The number of halogens is 1. The fourth-order valence-electron chi connectivity index (χ4n) is 1.97. The third-order valence-electron chi connectivity index (χ3n) is 2.97. The third kappa shape index (κ3) is 7.52. The molecule has 1 aliphatic heterocycles. The largest absolute Gasteiger partial charge is 0.449 e. The van der Waals surface area contributed by atoms with Gasteiger partial charge in [-0.2, -0.15) is 0 Å². The summed E-state index contributed by atoms with van der Waals surface area (Å²) >= 11 is 5.28. The van der Waals surface area contributed by atoms with Gasteiger partial charge in [-0.05, 0) is 33.6 Å². The predicted octanol–water partition coefficient (Wildman–Crippen LogP) is 2.53. The number of rotatable bonds is 5. The number of hydrogen-bond acceptors (Lipinski definition) is 5. The number of esters is 1. The van der Waals surface area contributed by atoms with E-state index in [1.807, 2.05) is 20.8 Å². The summed E-state index contributed by atoms with van der Waals surface area (Å²) in [7, 11) is 0. The molecule has 0 bridgehead atoms. The number of carbonyl (C=O) groups is 2. The van der Waals surface area contributed by atoms with Crippen LogP contribution in [-0.2, 0) is 19.0 Å². The Hall–Kier alpha value is -1.01. The molecule has 1 heterocycles. The maximum Gasteiger partial charge on any atom is 0.410 e. The van der Waals surface area contributed by atoms with Gasteiger partial charge in [-0.3, -0.25) is 4.79 Å². The van der Waals surface area contributed by atoms with Crippen molar-refractivity contribution in [2.75, 3.05) is 25.8 Å². The van der Waals surface area contributed by atoms with Gasteiger partial charge in [0.05, 0.1) is 19.1 Å². The van der Waals surface area contributed by atoms with E-state index in [9.17, 15) is 9.59 Å². The minimum atomic E-state index is -0.479.